The second-order valence-electron chi connectivity index (χ2n) is 3.83. The Morgan fingerprint density at radius 1 is 1.38 bits per heavy atom. The fourth-order valence-electron chi connectivity index (χ4n) is 1.49. The van der Waals surface area contributed by atoms with Crippen LogP contribution in [0.4, 0.5) is 5.00 Å². The predicted molar refractivity (Wildman–Crippen MR) is 86.0 cm³/mol. The van der Waals surface area contributed by atoms with Crippen molar-refractivity contribution in [3.8, 4) is 6.07 Å². The van der Waals surface area contributed by atoms with Gasteiger partial charge in [0.15, 0.2) is 0 Å². The van der Waals surface area contributed by atoms with Crippen LogP contribution in [0.5, 0.6) is 0 Å². The zero-order valence-electron chi connectivity index (χ0n) is 10.2. The van der Waals surface area contributed by atoms with E-state index in [1.807, 2.05) is 28.7 Å². The SMILES string of the molecule is N#Cc1ccsc1NS(=O)(=O)c1ccc(I)c(C(=O)O)c1. The Morgan fingerprint density at radius 3 is 2.71 bits per heavy atom. The molecule has 2 rings (SSSR count). The molecule has 0 unspecified atom stereocenters. The van der Waals surface area contributed by atoms with Crippen molar-refractivity contribution in [1.29, 1.82) is 5.26 Å². The minimum atomic E-state index is -3.95. The molecule has 0 atom stereocenters. The number of benzene rings is 1. The molecule has 0 radical (unpaired) electrons. The van der Waals surface area contributed by atoms with Gasteiger partial charge in [-0.1, -0.05) is 0 Å². The van der Waals surface area contributed by atoms with Gasteiger partial charge in [0.25, 0.3) is 10.0 Å². The van der Waals surface area contributed by atoms with Crippen LogP contribution < -0.4 is 4.72 Å². The van der Waals surface area contributed by atoms with E-state index < -0.39 is 16.0 Å². The van der Waals surface area contributed by atoms with Crippen LogP contribution in [0.15, 0.2) is 34.5 Å². The first-order valence-electron chi connectivity index (χ1n) is 5.38. The Bertz CT molecular complexity index is 852. The highest BCUT2D eigenvalue weighted by molar-refractivity contribution is 14.1. The van der Waals surface area contributed by atoms with Crippen LogP contribution in [0, 0.1) is 14.9 Å². The molecular weight excluding hydrogens is 427 g/mol. The number of nitrogens with one attached hydrogen (secondary N) is 1. The smallest absolute Gasteiger partial charge is 0.336 e. The van der Waals surface area contributed by atoms with Gasteiger partial charge >= 0.3 is 5.97 Å². The van der Waals surface area contributed by atoms with Crippen molar-refractivity contribution < 1.29 is 18.3 Å². The zero-order valence-corrected chi connectivity index (χ0v) is 14.0. The van der Waals surface area contributed by atoms with Crippen molar-refractivity contribution in [2.45, 2.75) is 4.90 Å². The van der Waals surface area contributed by atoms with Crippen LogP contribution in [0.1, 0.15) is 15.9 Å². The minimum absolute atomic E-state index is 0.0924. The van der Waals surface area contributed by atoms with Crippen molar-refractivity contribution in [2.24, 2.45) is 0 Å². The van der Waals surface area contributed by atoms with Gasteiger partial charge in [0.05, 0.1) is 16.0 Å². The number of carbonyl (C=O) groups is 1. The normalized spacial score (nSPS) is 10.9. The highest BCUT2D eigenvalue weighted by Crippen LogP contribution is 2.26. The Morgan fingerprint density at radius 2 is 2.10 bits per heavy atom. The molecule has 21 heavy (non-hydrogen) atoms. The number of thiophene rings is 1. The Labute approximate surface area is 138 Å². The summed E-state index contributed by atoms with van der Waals surface area (Å²) >= 11 is 2.90. The van der Waals surface area contributed by atoms with E-state index in [0.717, 1.165) is 17.4 Å². The van der Waals surface area contributed by atoms with Crippen molar-refractivity contribution in [1.82, 2.24) is 0 Å². The first-order chi connectivity index (χ1) is 9.85. The van der Waals surface area contributed by atoms with Gasteiger partial charge in [0.1, 0.15) is 11.1 Å². The quantitative estimate of drug-likeness (QED) is 0.720. The molecule has 0 amide bonds. The molecule has 1 aromatic heterocycles. The molecule has 1 aromatic carbocycles. The molecule has 108 valence electrons. The molecule has 0 saturated heterocycles. The molecule has 0 bridgehead atoms. The summed E-state index contributed by atoms with van der Waals surface area (Å²) in [4.78, 5) is 10.9. The van der Waals surface area contributed by atoms with Crippen LogP contribution in [0.3, 0.4) is 0 Å². The number of carboxylic acid groups (broad SMARTS) is 1. The van der Waals surface area contributed by atoms with E-state index in [-0.39, 0.29) is 21.0 Å². The predicted octanol–water partition coefficient (Wildman–Crippen LogP) is 2.72. The van der Waals surface area contributed by atoms with E-state index in [2.05, 4.69) is 4.72 Å². The van der Waals surface area contributed by atoms with Crippen LogP contribution in [0.2, 0.25) is 0 Å². The van der Waals surface area contributed by atoms with Crippen molar-refractivity contribution in [3.63, 3.8) is 0 Å². The van der Waals surface area contributed by atoms with E-state index in [4.69, 9.17) is 10.4 Å². The molecule has 9 heteroatoms. The molecule has 2 N–H and O–H groups in total. The second kappa shape index (κ2) is 6.00. The summed E-state index contributed by atoms with van der Waals surface area (Å²) in [6.07, 6.45) is 0. The summed E-state index contributed by atoms with van der Waals surface area (Å²) in [5.74, 6) is -1.20. The summed E-state index contributed by atoms with van der Waals surface area (Å²) in [5.41, 5.74) is 0.123. The molecule has 0 spiro atoms. The van der Waals surface area contributed by atoms with Crippen LogP contribution >= 0.6 is 33.9 Å². The molecule has 0 fully saturated rings. The van der Waals surface area contributed by atoms with E-state index in [0.29, 0.717) is 3.57 Å². The summed E-state index contributed by atoms with van der Waals surface area (Å²) in [6, 6.07) is 7.20. The fraction of sp³-hybridized carbons (Fsp3) is 0. The van der Waals surface area contributed by atoms with E-state index >= 15 is 0 Å². The number of nitriles is 1. The lowest BCUT2D eigenvalue weighted by Crippen LogP contribution is -2.14. The zero-order chi connectivity index (χ0) is 15.6. The van der Waals surface area contributed by atoms with Gasteiger partial charge in [0, 0.05) is 3.57 Å². The van der Waals surface area contributed by atoms with Gasteiger partial charge in [-0.25, -0.2) is 13.2 Å². The standard InChI is InChI=1S/C12H7IN2O4S2/c13-10-2-1-8(5-9(10)12(16)17)21(18,19)15-11-7(6-14)3-4-20-11/h1-5,15H,(H,16,17). The summed E-state index contributed by atoms with van der Waals surface area (Å²) in [6.45, 7) is 0. The molecule has 2 aromatic rings. The molecule has 0 saturated carbocycles. The Balaban J connectivity index is 2.43. The summed E-state index contributed by atoms with van der Waals surface area (Å²) in [5, 5.41) is 19.7. The monoisotopic (exact) mass is 434 g/mol. The number of nitrogens with zero attached hydrogens (tertiary/aromatic N) is 1. The third-order valence-electron chi connectivity index (χ3n) is 2.49. The van der Waals surface area contributed by atoms with E-state index in [1.54, 1.807) is 5.38 Å². The van der Waals surface area contributed by atoms with Crippen LogP contribution in [-0.4, -0.2) is 19.5 Å². The fourth-order valence-corrected chi connectivity index (χ4v) is 4.15. The highest BCUT2D eigenvalue weighted by Gasteiger charge is 2.20. The van der Waals surface area contributed by atoms with Gasteiger partial charge in [-0.05, 0) is 52.2 Å². The number of halogens is 1. The average molecular weight is 434 g/mol. The maximum absolute atomic E-state index is 12.2. The van der Waals surface area contributed by atoms with Crippen molar-refractivity contribution in [2.75, 3.05) is 4.72 Å². The van der Waals surface area contributed by atoms with Gasteiger partial charge in [0.2, 0.25) is 0 Å². The number of aromatic carboxylic acids is 1. The van der Waals surface area contributed by atoms with E-state index in [9.17, 15) is 13.2 Å². The number of hydrogen-bond acceptors (Lipinski definition) is 5. The molecule has 0 aliphatic heterocycles. The largest absolute Gasteiger partial charge is 0.478 e. The van der Waals surface area contributed by atoms with Gasteiger partial charge in [-0.3, -0.25) is 4.72 Å². The number of sulfonamides is 1. The molecular formula is C12H7IN2O4S2. The van der Waals surface area contributed by atoms with Crippen LogP contribution in [0.25, 0.3) is 0 Å². The van der Waals surface area contributed by atoms with Gasteiger partial charge < -0.3 is 5.11 Å². The Hall–Kier alpha value is -1.64. The maximum Gasteiger partial charge on any atom is 0.336 e. The molecule has 6 nitrogen and oxygen atoms in total. The number of carboxylic acids is 1. The highest BCUT2D eigenvalue weighted by atomic mass is 127. The number of hydrogen-bond donors (Lipinski definition) is 2. The van der Waals surface area contributed by atoms with Crippen molar-refractivity contribution >= 4 is 54.9 Å². The lowest BCUT2D eigenvalue weighted by Gasteiger charge is -2.08. The van der Waals surface area contributed by atoms with Crippen LogP contribution in [-0.2, 0) is 10.0 Å². The lowest BCUT2D eigenvalue weighted by molar-refractivity contribution is 0.0695. The Kier molecular flexibility index (Phi) is 4.50. The average Bonchev–Trinajstić information content (AvgIpc) is 2.85. The number of rotatable bonds is 4. The lowest BCUT2D eigenvalue weighted by atomic mass is 10.2. The topological polar surface area (TPSA) is 107 Å². The molecule has 1 heterocycles. The van der Waals surface area contributed by atoms with Crippen molar-refractivity contribution in [3.05, 3.63) is 44.3 Å². The first-order valence-corrected chi connectivity index (χ1v) is 8.82. The first kappa shape index (κ1) is 15.7. The second-order valence-corrected chi connectivity index (χ2v) is 7.59. The molecule has 0 aliphatic rings. The number of anilines is 1. The third-order valence-corrected chi connectivity index (χ3v) is 5.74. The maximum atomic E-state index is 12.2. The minimum Gasteiger partial charge on any atom is -0.478 e. The van der Waals surface area contributed by atoms with E-state index in [1.165, 1.54) is 18.2 Å². The van der Waals surface area contributed by atoms with Gasteiger partial charge in [-0.15, -0.1) is 11.3 Å². The van der Waals surface area contributed by atoms with Gasteiger partial charge in [-0.2, -0.15) is 5.26 Å². The molecule has 0 aliphatic carbocycles. The summed E-state index contributed by atoms with van der Waals surface area (Å²) in [7, 11) is -3.95. The summed E-state index contributed by atoms with van der Waals surface area (Å²) < 4.78 is 27.2. The third kappa shape index (κ3) is 3.34.